The number of aromatic nitrogens is 4. The molecule has 0 amide bonds. The molecule has 20 heavy (non-hydrogen) atoms. The van der Waals surface area contributed by atoms with Gasteiger partial charge in [0.25, 0.3) is 0 Å². The number of anilines is 1. The topological polar surface area (TPSA) is 78.9 Å². The Labute approximate surface area is 125 Å². The molecule has 0 bridgehead atoms. The van der Waals surface area contributed by atoms with Crippen LogP contribution in [0.15, 0.2) is 22.7 Å². The third-order valence-electron chi connectivity index (χ3n) is 3.57. The Bertz CT molecular complexity index is 615. The second-order valence-electron chi connectivity index (χ2n) is 5.02. The second kappa shape index (κ2) is 5.49. The van der Waals surface area contributed by atoms with Gasteiger partial charge >= 0.3 is 0 Å². The molecule has 0 aliphatic carbocycles. The molecule has 2 unspecified atom stereocenters. The highest BCUT2D eigenvalue weighted by Gasteiger charge is 2.25. The van der Waals surface area contributed by atoms with E-state index in [0.717, 1.165) is 35.3 Å². The van der Waals surface area contributed by atoms with Crippen LogP contribution in [0.5, 0.6) is 0 Å². The molecule has 2 aromatic rings. The number of halogens is 1. The molecular formula is C13H16BrN5O. The molecular weight excluding hydrogens is 322 g/mol. The van der Waals surface area contributed by atoms with E-state index in [1.165, 1.54) is 0 Å². The summed E-state index contributed by atoms with van der Waals surface area (Å²) in [7, 11) is 0. The number of hydrogen-bond acceptors (Lipinski definition) is 5. The molecule has 0 radical (unpaired) electrons. The minimum Gasteiger partial charge on any atom is -0.398 e. The molecule has 1 saturated heterocycles. The van der Waals surface area contributed by atoms with Crippen molar-refractivity contribution in [2.45, 2.75) is 31.9 Å². The first-order valence-corrected chi connectivity index (χ1v) is 7.40. The van der Waals surface area contributed by atoms with E-state index in [4.69, 9.17) is 10.5 Å². The molecule has 3 rings (SSSR count). The molecule has 0 saturated carbocycles. The fraction of sp³-hybridized carbons (Fsp3) is 0.462. The lowest BCUT2D eigenvalue weighted by molar-refractivity contribution is 0.00350. The fourth-order valence-corrected chi connectivity index (χ4v) is 2.98. The number of benzene rings is 1. The van der Waals surface area contributed by atoms with Crippen molar-refractivity contribution in [3.63, 3.8) is 0 Å². The predicted molar refractivity (Wildman–Crippen MR) is 79.1 cm³/mol. The Morgan fingerprint density at radius 1 is 1.45 bits per heavy atom. The largest absolute Gasteiger partial charge is 0.398 e. The first kappa shape index (κ1) is 13.5. The van der Waals surface area contributed by atoms with Gasteiger partial charge in [-0.05, 0) is 58.3 Å². The van der Waals surface area contributed by atoms with Crippen molar-refractivity contribution >= 4 is 21.6 Å². The van der Waals surface area contributed by atoms with Crippen LogP contribution >= 0.6 is 15.9 Å². The normalized spacial score (nSPS) is 22.9. The number of nitrogens with zero attached hydrogens (tertiary/aromatic N) is 4. The number of rotatable bonds is 2. The van der Waals surface area contributed by atoms with Gasteiger partial charge in [0.05, 0.1) is 16.6 Å². The zero-order valence-electron chi connectivity index (χ0n) is 11.2. The van der Waals surface area contributed by atoms with Gasteiger partial charge in [-0.3, -0.25) is 0 Å². The van der Waals surface area contributed by atoms with E-state index in [0.29, 0.717) is 5.69 Å². The highest BCUT2D eigenvalue weighted by atomic mass is 79.9. The standard InChI is InChI=1S/C13H16BrN5O/c1-8-7-9(5-6-20-8)19-13(16-17-18-19)10-3-2-4-11(15)12(10)14/h2-4,8-9H,5-7,15H2,1H3. The number of nitrogen functional groups attached to an aromatic ring is 1. The van der Waals surface area contributed by atoms with Crippen LogP contribution in [0, 0.1) is 0 Å². The molecule has 7 heteroatoms. The zero-order chi connectivity index (χ0) is 14.1. The van der Waals surface area contributed by atoms with Crippen molar-refractivity contribution in [1.29, 1.82) is 0 Å². The van der Waals surface area contributed by atoms with Gasteiger partial charge in [-0.1, -0.05) is 6.07 Å². The maximum atomic E-state index is 5.93. The van der Waals surface area contributed by atoms with Gasteiger partial charge in [0.1, 0.15) is 0 Å². The average molecular weight is 338 g/mol. The lowest BCUT2D eigenvalue weighted by Gasteiger charge is -2.27. The first-order valence-electron chi connectivity index (χ1n) is 6.60. The van der Waals surface area contributed by atoms with Crippen molar-refractivity contribution in [3.05, 3.63) is 22.7 Å². The summed E-state index contributed by atoms with van der Waals surface area (Å²) in [6.07, 6.45) is 2.07. The van der Waals surface area contributed by atoms with Crippen molar-refractivity contribution in [3.8, 4) is 11.4 Å². The first-order chi connectivity index (χ1) is 9.66. The lowest BCUT2D eigenvalue weighted by Crippen LogP contribution is -2.26. The fourth-order valence-electron chi connectivity index (χ4n) is 2.54. The van der Waals surface area contributed by atoms with E-state index in [2.05, 4.69) is 38.4 Å². The Morgan fingerprint density at radius 3 is 3.10 bits per heavy atom. The summed E-state index contributed by atoms with van der Waals surface area (Å²) in [4.78, 5) is 0. The summed E-state index contributed by atoms with van der Waals surface area (Å²) >= 11 is 3.51. The van der Waals surface area contributed by atoms with Gasteiger partial charge in [-0.25, -0.2) is 4.68 Å². The summed E-state index contributed by atoms with van der Waals surface area (Å²) in [5, 5.41) is 12.2. The molecule has 1 aliphatic heterocycles. The summed E-state index contributed by atoms with van der Waals surface area (Å²) < 4.78 is 8.30. The third kappa shape index (κ3) is 2.43. The van der Waals surface area contributed by atoms with Crippen LogP contribution in [0.2, 0.25) is 0 Å². The van der Waals surface area contributed by atoms with Gasteiger partial charge in [0, 0.05) is 17.9 Å². The summed E-state index contributed by atoms with van der Waals surface area (Å²) in [6, 6.07) is 5.97. The van der Waals surface area contributed by atoms with Crippen LogP contribution in [0.3, 0.4) is 0 Å². The van der Waals surface area contributed by atoms with E-state index in [1.807, 2.05) is 22.9 Å². The Kier molecular flexibility index (Phi) is 3.71. The van der Waals surface area contributed by atoms with E-state index >= 15 is 0 Å². The van der Waals surface area contributed by atoms with E-state index in [1.54, 1.807) is 0 Å². The second-order valence-corrected chi connectivity index (χ2v) is 5.81. The van der Waals surface area contributed by atoms with Crippen molar-refractivity contribution in [2.24, 2.45) is 0 Å². The maximum absolute atomic E-state index is 5.93. The van der Waals surface area contributed by atoms with Gasteiger partial charge in [0.15, 0.2) is 5.82 Å². The monoisotopic (exact) mass is 337 g/mol. The summed E-state index contributed by atoms with van der Waals surface area (Å²) in [5.41, 5.74) is 7.52. The molecule has 1 aliphatic rings. The molecule has 6 nitrogen and oxygen atoms in total. The van der Waals surface area contributed by atoms with Crippen LogP contribution in [0.4, 0.5) is 5.69 Å². The van der Waals surface area contributed by atoms with Gasteiger partial charge in [-0.2, -0.15) is 0 Å². The van der Waals surface area contributed by atoms with Gasteiger partial charge < -0.3 is 10.5 Å². The number of tetrazole rings is 1. The highest BCUT2D eigenvalue weighted by Crippen LogP contribution is 2.34. The minimum atomic E-state index is 0.232. The Balaban J connectivity index is 1.99. The van der Waals surface area contributed by atoms with E-state index in [-0.39, 0.29) is 12.1 Å². The Morgan fingerprint density at radius 2 is 2.30 bits per heavy atom. The maximum Gasteiger partial charge on any atom is 0.183 e. The van der Waals surface area contributed by atoms with Crippen molar-refractivity contribution in [1.82, 2.24) is 20.2 Å². The highest BCUT2D eigenvalue weighted by molar-refractivity contribution is 9.10. The van der Waals surface area contributed by atoms with E-state index < -0.39 is 0 Å². The zero-order valence-corrected chi connectivity index (χ0v) is 12.7. The SMILES string of the molecule is CC1CC(n2nnnc2-c2cccc(N)c2Br)CCO1. The molecule has 1 fully saturated rings. The van der Waals surface area contributed by atoms with Crippen LogP contribution in [0.1, 0.15) is 25.8 Å². The van der Waals surface area contributed by atoms with Crippen molar-refractivity contribution < 1.29 is 4.74 Å². The molecule has 2 heterocycles. The number of hydrogen-bond donors (Lipinski definition) is 1. The smallest absolute Gasteiger partial charge is 0.183 e. The van der Waals surface area contributed by atoms with Gasteiger partial charge in [-0.15, -0.1) is 5.10 Å². The molecule has 2 N–H and O–H groups in total. The van der Waals surface area contributed by atoms with E-state index in [9.17, 15) is 0 Å². The minimum absolute atomic E-state index is 0.232. The molecule has 0 spiro atoms. The van der Waals surface area contributed by atoms with Crippen molar-refractivity contribution in [2.75, 3.05) is 12.3 Å². The number of ether oxygens (including phenoxy) is 1. The lowest BCUT2D eigenvalue weighted by atomic mass is 10.0. The quantitative estimate of drug-likeness (QED) is 0.851. The molecule has 106 valence electrons. The van der Waals surface area contributed by atoms with Crippen LogP contribution in [-0.4, -0.2) is 32.9 Å². The van der Waals surface area contributed by atoms with Crippen LogP contribution in [0.25, 0.3) is 11.4 Å². The molecule has 1 aromatic carbocycles. The van der Waals surface area contributed by atoms with Crippen LogP contribution < -0.4 is 5.73 Å². The number of nitrogens with two attached hydrogens (primary N) is 1. The van der Waals surface area contributed by atoms with Crippen LogP contribution in [-0.2, 0) is 4.74 Å². The third-order valence-corrected chi connectivity index (χ3v) is 4.45. The predicted octanol–water partition coefficient (Wildman–Crippen LogP) is 2.42. The van der Waals surface area contributed by atoms with Gasteiger partial charge in [0.2, 0.25) is 0 Å². The molecule has 2 atom stereocenters. The summed E-state index contributed by atoms with van der Waals surface area (Å²) in [5.74, 6) is 0.739. The molecule has 1 aromatic heterocycles. The summed E-state index contributed by atoms with van der Waals surface area (Å²) in [6.45, 7) is 2.82. The average Bonchev–Trinajstić information content (AvgIpc) is 2.91. The Hall–Kier alpha value is -1.47.